The molecule has 3 rings (SSSR count). The molecule has 1 atom stereocenters. The van der Waals surface area contributed by atoms with Gasteiger partial charge in [-0.25, -0.2) is 9.40 Å². The zero-order valence-electron chi connectivity index (χ0n) is 12.6. The summed E-state index contributed by atoms with van der Waals surface area (Å²) in [5, 5.41) is 5.82. The Morgan fingerprint density at radius 1 is 1.23 bits per heavy atom. The molecule has 0 radical (unpaired) electrons. The first kappa shape index (κ1) is 14.4. The van der Waals surface area contributed by atoms with Crippen molar-refractivity contribution in [2.24, 2.45) is 5.10 Å². The van der Waals surface area contributed by atoms with Crippen molar-refractivity contribution in [1.29, 1.82) is 0 Å². The van der Waals surface area contributed by atoms with Crippen LogP contribution in [0.3, 0.4) is 0 Å². The molecule has 2 aromatic carbocycles. The zero-order valence-corrected chi connectivity index (χ0v) is 12.6. The number of hydrazone groups is 1. The van der Waals surface area contributed by atoms with Crippen LogP contribution in [0.15, 0.2) is 53.6 Å². The van der Waals surface area contributed by atoms with Gasteiger partial charge in [0, 0.05) is 18.9 Å². The molecule has 1 unspecified atom stereocenters. The highest BCUT2D eigenvalue weighted by molar-refractivity contribution is 6.03. The van der Waals surface area contributed by atoms with Crippen molar-refractivity contribution in [3.05, 3.63) is 71.0 Å². The minimum Gasteiger partial charge on any atom is -0.273 e. The van der Waals surface area contributed by atoms with Crippen molar-refractivity contribution in [2.45, 2.75) is 26.3 Å². The van der Waals surface area contributed by atoms with Crippen LogP contribution in [0.4, 0.5) is 4.39 Å². The molecule has 1 heterocycles. The normalized spacial score (nSPS) is 17.5. The van der Waals surface area contributed by atoms with E-state index in [0.29, 0.717) is 12.0 Å². The molecule has 0 saturated heterocycles. The molecule has 3 nitrogen and oxygen atoms in total. The Bertz CT molecular complexity index is 754. The van der Waals surface area contributed by atoms with Crippen LogP contribution >= 0.6 is 0 Å². The summed E-state index contributed by atoms with van der Waals surface area (Å²) in [6.45, 7) is 3.46. The molecule has 0 spiro atoms. The predicted molar refractivity (Wildman–Crippen MR) is 84.0 cm³/mol. The van der Waals surface area contributed by atoms with Gasteiger partial charge in [0.05, 0.1) is 11.8 Å². The summed E-state index contributed by atoms with van der Waals surface area (Å²) < 4.78 is 14.1. The van der Waals surface area contributed by atoms with Gasteiger partial charge in [-0.05, 0) is 18.6 Å². The van der Waals surface area contributed by atoms with Crippen LogP contribution in [0.1, 0.15) is 36.1 Å². The van der Waals surface area contributed by atoms with Crippen molar-refractivity contribution in [1.82, 2.24) is 5.01 Å². The lowest BCUT2D eigenvalue weighted by molar-refractivity contribution is -0.130. The number of amides is 1. The van der Waals surface area contributed by atoms with E-state index >= 15 is 0 Å². The summed E-state index contributed by atoms with van der Waals surface area (Å²) in [7, 11) is 0. The Labute approximate surface area is 129 Å². The topological polar surface area (TPSA) is 32.7 Å². The van der Waals surface area contributed by atoms with E-state index in [9.17, 15) is 9.18 Å². The predicted octanol–water partition coefficient (Wildman–Crippen LogP) is 3.83. The number of hydrogen-bond acceptors (Lipinski definition) is 2. The van der Waals surface area contributed by atoms with Crippen molar-refractivity contribution < 1.29 is 9.18 Å². The lowest BCUT2D eigenvalue weighted by atomic mass is 9.97. The Kier molecular flexibility index (Phi) is 3.75. The lowest BCUT2D eigenvalue weighted by Crippen LogP contribution is -2.25. The van der Waals surface area contributed by atoms with Crippen LogP contribution in [0, 0.1) is 12.7 Å². The molecule has 1 amide bonds. The van der Waals surface area contributed by atoms with Gasteiger partial charge in [-0.2, -0.15) is 5.10 Å². The number of nitrogens with zero attached hydrogens (tertiary/aromatic N) is 2. The van der Waals surface area contributed by atoms with E-state index < -0.39 is 0 Å². The minimum atomic E-state index is -0.380. The Hall–Kier alpha value is -2.49. The van der Waals surface area contributed by atoms with Gasteiger partial charge in [-0.3, -0.25) is 4.79 Å². The van der Waals surface area contributed by atoms with Crippen molar-refractivity contribution in [3.63, 3.8) is 0 Å². The highest BCUT2D eigenvalue weighted by Gasteiger charge is 2.32. The second kappa shape index (κ2) is 5.72. The third-order valence-electron chi connectivity index (χ3n) is 3.85. The molecule has 112 valence electrons. The summed E-state index contributed by atoms with van der Waals surface area (Å²) in [6.07, 6.45) is 0.518. The maximum Gasteiger partial charge on any atom is 0.240 e. The van der Waals surface area contributed by atoms with E-state index in [-0.39, 0.29) is 17.8 Å². The van der Waals surface area contributed by atoms with Gasteiger partial charge in [0.2, 0.25) is 5.91 Å². The van der Waals surface area contributed by atoms with Gasteiger partial charge >= 0.3 is 0 Å². The quantitative estimate of drug-likeness (QED) is 0.829. The molecule has 0 N–H and O–H groups in total. The minimum absolute atomic E-state index is 0.184. The molecule has 1 aliphatic rings. The Morgan fingerprint density at radius 2 is 2.00 bits per heavy atom. The summed E-state index contributed by atoms with van der Waals surface area (Å²) >= 11 is 0. The van der Waals surface area contributed by atoms with Gasteiger partial charge in [0.1, 0.15) is 5.82 Å². The standard InChI is InChI=1S/C18H17FN2O/c1-12-6-5-7-14(10-12)17-11-18(21(20-17)13(2)22)15-8-3-4-9-16(15)19/h3-10,18H,11H2,1-2H3. The first-order valence-electron chi connectivity index (χ1n) is 7.25. The smallest absolute Gasteiger partial charge is 0.240 e. The van der Waals surface area contributed by atoms with Gasteiger partial charge in [0.15, 0.2) is 0 Å². The van der Waals surface area contributed by atoms with Crippen LogP contribution in [0.2, 0.25) is 0 Å². The van der Waals surface area contributed by atoms with E-state index in [2.05, 4.69) is 5.10 Å². The highest BCUT2D eigenvalue weighted by atomic mass is 19.1. The SMILES string of the molecule is CC(=O)N1N=C(c2cccc(C)c2)CC1c1ccccc1F. The molecule has 0 aromatic heterocycles. The number of halogens is 1. The Balaban J connectivity index is 1.99. The van der Waals surface area contributed by atoms with Crippen LogP contribution in [0.5, 0.6) is 0 Å². The van der Waals surface area contributed by atoms with E-state index in [1.807, 2.05) is 31.2 Å². The van der Waals surface area contributed by atoms with Crippen LogP contribution < -0.4 is 0 Å². The molecule has 0 fully saturated rings. The average molecular weight is 296 g/mol. The summed E-state index contributed by atoms with van der Waals surface area (Å²) in [4.78, 5) is 11.9. The molecular weight excluding hydrogens is 279 g/mol. The lowest BCUT2D eigenvalue weighted by Gasteiger charge is -2.20. The third kappa shape index (κ3) is 2.64. The van der Waals surface area contributed by atoms with Crippen molar-refractivity contribution in [2.75, 3.05) is 0 Å². The molecule has 22 heavy (non-hydrogen) atoms. The maximum atomic E-state index is 14.1. The maximum absolute atomic E-state index is 14.1. The molecule has 2 aromatic rings. The van der Waals surface area contributed by atoms with Crippen LogP contribution in [0.25, 0.3) is 0 Å². The fourth-order valence-electron chi connectivity index (χ4n) is 2.79. The second-order valence-electron chi connectivity index (χ2n) is 5.52. The zero-order chi connectivity index (χ0) is 15.7. The molecule has 1 aliphatic heterocycles. The molecule has 0 saturated carbocycles. The van der Waals surface area contributed by atoms with E-state index in [1.165, 1.54) is 18.0 Å². The van der Waals surface area contributed by atoms with Crippen LogP contribution in [-0.4, -0.2) is 16.6 Å². The van der Waals surface area contributed by atoms with E-state index in [1.54, 1.807) is 18.2 Å². The van der Waals surface area contributed by atoms with Gasteiger partial charge in [0.25, 0.3) is 0 Å². The number of carbonyl (C=O) groups is 1. The number of hydrogen-bond donors (Lipinski definition) is 0. The first-order valence-corrected chi connectivity index (χ1v) is 7.25. The summed E-state index contributed by atoms with van der Waals surface area (Å²) in [6, 6.07) is 14.1. The first-order chi connectivity index (χ1) is 10.6. The van der Waals surface area contributed by atoms with Crippen molar-refractivity contribution in [3.8, 4) is 0 Å². The number of benzene rings is 2. The third-order valence-corrected chi connectivity index (χ3v) is 3.85. The summed E-state index contributed by atoms with van der Waals surface area (Å²) in [5.41, 5.74) is 3.42. The molecule has 0 bridgehead atoms. The Morgan fingerprint density at radius 3 is 2.68 bits per heavy atom. The largest absolute Gasteiger partial charge is 0.273 e. The van der Waals surface area contributed by atoms with Gasteiger partial charge in [-0.15, -0.1) is 0 Å². The van der Waals surface area contributed by atoms with E-state index in [4.69, 9.17) is 0 Å². The van der Waals surface area contributed by atoms with Crippen LogP contribution in [-0.2, 0) is 4.79 Å². The fraction of sp³-hybridized carbons (Fsp3) is 0.222. The number of aryl methyl sites for hydroxylation is 1. The number of carbonyl (C=O) groups excluding carboxylic acids is 1. The fourth-order valence-corrected chi connectivity index (χ4v) is 2.79. The molecule has 4 heteroatoms. The van der Waals surface area contributed by atoms with E-state index in [0.717, 1.165) is 16.8 Å². The van der Waals surface area contributed by atoms with Gasteiger partial charge in [-0.1, -0.05) is 48.0 Å². The second-order valence-corrected chi connectivity index (χ2v) is 5.52. The molecular formula is C18H17FN2O. The average Bonchev–Trinajstić information content (AvgIpc) is 2.93. The molecule has 0 aliphatic carbocycles. The monoisotopic (exact) mass is 296 g/mol. The summed E-state index contributed by atoms with van der Waals surface area (Å²) in [5.74, 6) is -0.490. The number of rotatable bonds is 2. The van der Waals surface area contributed by atoms with Gasteiger partial charge < -0.3 is 0 Å². The highest BCUT2D eigenvalue weighted by Crippen LogP contribution is 2.34. The van der Waals surface area contributed by atoms with Crippen molar-refractivity contribution >= 4 is 11.6 Å².